The lowest BCUT2D eigenvalue weighted by atomic mass is 10.1. The van der Waals surface area contributed by atoms with E-state index in [0.717, 1.165) is 17.7 Å². The number of benzene rings is 2. The van der Waals surface area contributed by atoms with Crippen molar-refractivity contribution in [2.24, 2.45) is 0 Å². The smallest absolute Gasteiger partial charge is 0.187 e. The number of halogens is 3. The maximum atomic E-state index is 13.1. The maximum absolute atomic E-state index is 13.1. The van der Waals surface area contributed by atoms with Crippen molar-refractivity contribution in [1.82, 2.24) is 5.32 Å². The summed E-state index contributed by atoms with van der Waals surface area (Å²) < 4.78 is 39.1. The van der Waals surface area contributed by atoms with Crippen LogP contribution in [0.25, 0.3) is 0 Å². The van der Waals surface area contributed by atoms with Gasteiger partial charge in [0.05, 0.1) is 0 Å². The molecule has 0 spiro atoms. The topological polar surface area (TPSA) is 32.3 Å². The highest BCUT2D eigenvalue weighted by molar-refractivity contribution is 5.30. The van der Waals surface area contributed by atoms with Gasteiger partial charge >= 0.3 is 0 Å². The Bertz CT molecular complexity index is 578. The molecule has 0 bridgehead atoms. The van der Waals surface area contributed by atoms with Crippen LogP contribution in [0.3, 0.4) is 0 Å². The second-order valence-electron chi connectivity index (χ2n) is 4.46. The summed E-state index contributed by atoms with van der Waals surface area (Å²) in [5.41, 5.74) is 1.25. The molecular formula is C15H14F3NO. The molecule has 20 heavy (non-hydrogen) atoms. The summed E-state index contributed by atoms with van der Waals surface area (Å²) in [4.78, 5) is 0. The Morgan fingerprint density at radius 3 is 2.30 bits per heavy atom. The zero-order valence-electron chi connectivity index (χ0n) is 10.7. The Hall–Kier alpha value is -2.01. The Morgan fingerprint density at radius 2 is 1.65 bits per heavy atom. The fraction of sp³-hybridized carbons (Fsp3) is 0.200. The van der Waals surface area contributed by atoms with E-state index >= 15 is 0 Å². The minimum atomic E-state index is -0.980. The first-order valence-corrected chi connectivity index (χ1v) is 6.18. The maximum Gasteiger partial charge on any atom is 0.187 e. The number of hydrogen-bond acceptors (Lipinski definition) is 2. The van der Waals surface area contributed by atoms with Crippen LogP contribution >= 0.6 is 0 Å². The van der Waals surface area contributed by atoms with E-state index in [2.05, 4.69) is 5.32 Å². The third kappa shape index (κ3) is 3.74. The molecule has 2 rings (SSSR count). The van der Waals surface area contributed by atoms with Gasteiger partial charge in [-0.2, -0.15) is 0 Å². The van der Waals surface area contributed by atoms with Crippen molar-refractivity contribution in [3.05, 3.63) is 65.0 Å². The normalized spacial score (nSPS) is 10.8. The van der Waals surface area contributed by atoms with Crippen molar-refractivity contribution < 1.29 is 18.3 Å². The highest BCUT2D eigenvalue weighted by Crippen LogP contribution is 2.21. The Morgan fingerprint density at radius 1 is 0.950 bits per heavy atom. The number of phenolic OH excluding ortho intramolecular Hbond substituents is 1. The molecule has 0 saturated carbocycles. The van der Waals surface area contributed by atoms with E-state index in [-0.39, 0.29) is 12.4 Å². The number of phenols is 1. The highest BCUT2D eigenvalue weighted by Gasteiger charge is 2.09. The van der Waals surface area contributed by atoms with E-state index < -0.39 is 17.4 Å². The molecular weight excluding hydrogens is 267 g/mol. The molecule has 5 heteroatoms. The standard InChI is InChI=1S/C15H14F3NO/c16-12-3-1-2-10(6-12)4-5-19-9-11-7-13(17)15(20)14(18)8-11/h1-3,6-8,19-20H,4-5,9H2. The predicted octanol–water partition coefficient (Wildman–Crippen LogP) is 3.14. The molecule has 2 aromatic carbocycles. The van der Waals surface area contributed by atoms with Crippen molar-refractivity contribution in [3.63, 3.8) is 0 Å². The number of rotatable bonds is 5. The van der Waals surface area contributed by atoms with Gasteiger partial charge < -0.3 is 10.4 Å². The molecule has 0 amide bonds. The summed E-state index contributed by atoms with van der Waals surface area (Å²) >= 11 is 0. The first-order valence-electron chi connectivity index (χ1n) is 6.18. The molecule has 2 aromatic rings. The second kappa shape index (κ2) is 6.43. The third-order valence-electron chi connectivity index (χ3n) is 2.89. The van der Waals surface area contributed by atoms with Crippen LogP contribution in [0.2, 0.25) is 0 Å². The van der Waals surface area contributed by atoms with Crippen LogP contribution in [0.15, 0.2) is 36.4 Å². The minimum absolute atomic E-state index is 0.267. The molecule has 0 aliphatic rings. The van der Waals surface area contributed by atoms with Crippen LogP contribution in [0.5, 0.6) is 5.75 Å². The minimum Gasteiger partial charge on any atom is -0.503 e. The zero-order chi connectivity index (χ0) is 14.5. The lowest BCUT2D eigenvalue weighted by molar-refractivity contribution is 0.395. The van der Waals surface area contributed by atoms with Gasteiger partial charge in [-0.25, -0.2) is 13.2 Å². The Labute approximate surface area is 114 Å². The van der Waals surface area contributed by atoms with Gasteiger partial charge in [0.25, 0.3) is 0 Å². The van der Waals surface area contributed by atoms with Gasteiger partial charge in [-0.1, -0.05) is 12.1 Å². The van der Waals surface area contributed by atoms with Crippen LogP contribution in [0.1, 0.15) is 11.1 Å². The molecule has 0 fully saturated rings. The van der Waals surface area contributed by atoms with Gasteiger partial charge in [-0.05, 0) is 48.4 Å². The van der Waals surface area contributed by atoms with Crippen LogP contribution < -0.4 is 5.32 Å². The van der Waals surface area contributed by atoms with Crippen molar-refractivity contribution in [3.8, 4) is 5.75 Å². The first kappa shape index (κ1) is 14.4. The van der Waals surface area contributed by atoms with E-state index in [1.807, 2.05) is 6.07 Å². The van der Waals surface area contributed by atoms with E-state index in [1.165, 1.54) is 12.1 Å². The summed E-state index contributed by atoms with van der Waals surface area (Å²) in [5, 5.41) is 12.0. The average Bonchev–Trinajstić information content (AvgIpc) is 2.41. The second-order valence-corrected chi connectivity index (χ2v) is 4.46. The molecule has 0 atom stereocenters. The van der Waals surface area contributed by atoms with Crippen molar-refractivity contribution >= 4 is 0 Å². The largest absolute Gasteiger partial charge is 0.503 e. The van der Waals surface area contributed by atoms with Crippen LogP contribution in [0, 0.1) is 17.5 Å². The van der Waals surface area contributed by atoms with E-state index in [9.17, 15) is 13.2 Å². The summed E-state index contributed by atoms with van der Waals surface area (Å²) in [6.45, 7) is 0.816. The molecule has 0 heterocycles. The van der Waals surface area contributed by atoms with Crippen molar-refractivity contribution in [2.45, 2.75) is 13.0 Å². The van der Waals surface area contributed by atoms with Gasteiger partial charge in [-0.3, -0.25) is 0 Å². The monoisotopic (exact) mass is 281 g/mol. The summed E-state index contributed by atoms with van der Waals surface area (Å²) in [6.07, 6.45) is 0.612. The lowest BCUT2D eigenvalue weighted by Crippen LogP contribution is -2.17. The summed E-state index contributed by atoms with van der Waals surface area (Å²) in [6, 6.07) is 8.42. The van der Waals surface area contributed by atoms with Crippen LogP contribution in [-0.4, -0.2) is 11.7 Å². The Balaban J connectivity index is 1.84. The molecule has 0 saturated heterocycles. The van der Waals surface area contributed by atoms with Crippen molar-refractivity contribution in [2.75, 3.05) is 6.54 Å². The van der Waals surface area contributed by atoms with E-state index in [0.29, 0.717) is 18.5 Å². The molecule has 0 aromatic heterocycles. The fourth-order valence-electron chi connectivity index (χ4n) is 1.88. The average molecular weight is 281 g/mol. The molecule has 0 aliphatic carbocycles. The van der Waals surface area contributed by atoms with E-state index in [4.69, 9.17) is 5.11 Å². The Kier molecular flexibility index (Phi) is 4.63. The fourth-order valence-corrected chi connectivity index (χ4v) is 1.88. The van der Waals surface area contributed by atoms with Crippen LogP contribution in [0.4, 0.5) is 13.2 Å². The SMILES string of the molecule is Oc1c(F)cc(CNCCc2cccc(F)c2)cc1F. The summed E-state index contributed by atoms with van der Waals surface area (Å²) in [7, 11) is 0. The third-order valence-corrected chi connectivity index (χ3v) is 2.89. The molecule has 0 radical (unpaired) electrons. The zero-order valence-corrected chi connectivity index (χ0v) is 10.7. The van der Waals surface area contributed by atoms with Crippen LogP contribution in [-0.2, 0) is 13.0 Å². The van der Waals surface area contributed by atoms with Gasteiger partial charge in [0.15, 0.2) is 17.4 Å². The predicted molar refractivity (Wildman–Crippen MR) is 69.8 cm³/mol. The number of nitrogens with one attached hydrogen (secondary N) is 1. The van der Waals surface area contributed by atoms with Gasteiger partial charge in [0, 0.05) is 6.54 Å². The van der Waals surface area contributed by atoms with Crippen molar-refractivity contribution in [1.29, 1.82) is 0 Å². The highest BCUT2D eigenvalue weighted by atomic mass is 19.1. The molecule has 2 nitrogen and oxygen atoms in total. The summed E-state index contributed by atoms with van der Waals surface area (Å²) in [5.74, 6) is -3.21. The molecule has 0 unspecified atom stereocenters. The van der Waals surface area contributed by atoms with Gasteiger partial charge in [0.1, 0.15) is 5.82 Å². The van der Waals surface area contributed by atoms with Gasteiger partial charge in [0.2, 0.25) is 0 Å². The quantitative estimate of drug-likeness (QED) is 0.825. The number of hydrogen-bond donors (Lipinski definition) is 2. The molecule has 106 valence electrons. The molecule has 2 N–H and O–H groups in total. The number of aromatic hydroxyl groups is 1. The molecule has 0 aliphatic heterocycles. The lowest BCUT2D eigenvalue weighted by Gasteiger charge is -2.07. The van der Waals surface area contributed by atoms with E-state index in [1.54, 1.807) is 6.07 Å². The first-order chi connectivity index (χ1) is 9.56. The van der Waals surface area contributed by atoms with Gasteiger partial charge in [-0.15, -0.1) is 0 Å².